The number of nitrogens with one attached hydrogen (secondary N) is 1. The topological polar surface area (TPSA) is 89.7 Å². The number of hydrogen-bond acceptors (Lipinski definition) is 7. The second-order valence-electron chi connectivity index (χ2n) is 7.73. The first kappa shape index (κ1) is 22.0. The fourth-order valence-electron chi connectivity index (χ4n) is 3.60. The van der Waals surface area contributed by atoms with Crippen LogP contribution in [0.25, 0.3) is 11.4 Å². The summed E-state index contributed by atoms with van der Waals surface area (Å²) in [5, 5.41) is 7.01. The molecular weight excluding hydrogens is 408 g/mol. The Hall–Kier alpha value is -3.23. The number of aromatic nitrogens is 2. The summed E-state index contributed by atoms with van der Waals surface area (Å²) < 4.78 is 15.9. The van der Waals surface area contributed by atoms with Gasteiger partial charge in [0.15, 0.2) is 0 Å². The predicted octanol–water partition coefficient (Wildman–Crippen LogP) is 3.54. The van der Waals surface area contributed by atoms with Crippen LogP contribution in [-0.4, -0.2) is 54.4 Å². The highest BCUT2D eigenvalue weighted by Crippen LogP contribution is 2.20. The number of anilines is 1. The lowest BCUT2D eigenvalue weighted by Gasteiger charge is -2.26. The van der Waals surface area contributed by atoms with E-state index in [1.807, 2.05) is 42.5 Å². The van der Waals surface area contributed by atoms with Gasteiger partial charge in [-0.25, -0.2) is 0 Å². The molecule has 168 valence electrons. The van der Waals surface area contributed by atoms with Gasteiger partial charge < -0.3 is 19.3 Å². The molecule has 4 rings (SSSR count). The highest BCUT2D eigenvalue weighted by molar-refractivity contribution is 5.90. The normalized spacial score (nSPS) is 14.3. The molecule has 2 aromatic carbocycles. The average molecular weight is 437 g/mol. The van der Waals surface area contributed by atoms with Crippen molar-refractivity contribution in [1.29, 1.82) is 0 Å². The predicted molar refractivity (Wildman–Crippen MR) is 120 cm³/mol. The van der Waals surface area contributed by atoms with Crippen LogP contribution in [0.5, 0.6) is 5.75 Å². The molecule has 0 spiro atoms. The molecular formula is C24H28N4O4. The zero-order valence-electron chi connectivity index (χ0n) is 18.3. The van der Waals surface area contributed by atoms with Crippen LogP contribution in [0.4, 0.5) is 5.69 Å². The van der Waals surface area contributed by atoms with Gasteiger partial charge in [0, 0.05) is 43.7 Å². The summed E-state index contributed by atoms with van der Waals surface area (Å²) in [7, 11) is 1.62. The molecule has 8 heteroatoms. The van der Waals surface area contributed by atoms with E-state index < -0.39 is 0 Å². The Morgan fingerprint density at radius 1 is 1.16 bits per heavy atom. The Morgan fingerprint density at radius 3 is 2.75 bits per heavy atom. The maximum atomic E-state index is 12.4. The third-order valence-electron chi connectivity index (χ3n) is 5.33. The Morgan fingerprint density at radius 2 is 1.97 bits per heavy atom. The van der Waals surface area contributed by atoms with Gasteiger partial charge in [0.25, 0.3) is 0 Å². The van der Waals surface area contributed by atoms with Crippen molar-refractivity contribution in [3.05, 3.63) is 60.0 Å². The van der Waals surface area contributed by atoms with Crippen molar-refractivity contribution in [3.63, 3.8) is 0 Å². The first-order chi connectivity index (χ1) is 15.7. The summed E-state index contributed by atoms with van der Waals surface area (Å²) >= 11 is 0. The largest absolute Gasteiger partial charge is 0.497 e. The lowest BCUT2D eigenvalue weighted by molar-refractivity contribution is -0.116. The Labute approximate surface area is 187 Å². The van der Waals surface area contributed by atoms with Crippen molar-refractivity contribution in [2.75, 3.05) is 38.7 Å². The number of ether oxygens (including phenoxy) is 2. The zero-order chi connectivity index (χ0) is 22.2. The van der Waals surface area contributed by atoms with Gasteiger partial charge >= 0.3 is 0 Å². The smallest absolute Gasteiger partial charge is 0.226 e. The molecule has 0 atom stereocenters. The summed E-state index contributed by atoms with van der Waals surface area (Å²) in [6, 6.07) is 15.5. The van der Waals surface area contributed by atoms with E-state index in [2.05, 4.69) is 26.4 Å². The number of rotatable bonds is 9. The number of benzene rings is 2. The van der Waals surface area contributed by atoms with Crippen molar-refractivity contribution in [1.82, 2.24) is 15.0 Å². The number of methoxy groups -OCH3 is 1. The monoisotopic (exact) mass is 436 g/mol. The third kappa shape index (κ3) is 6.15. The summed E-state index contributed by atoms with van der Waals surface area (Å²) in [6.45, 7) is 4.29. The second kappa shape index (κ2) is 10.9. The van der Waals surface area contributed by atoms with Gasteiger partial charge in [0.05, 0.1) is 20.3 Å². The van der Waals surface area contributed by atoms with Crippen molar-refractivity contribution in [3.8, 4) is 17.1 Å². The van der Waals surface area contributed by atoms with E-state index >= 15 is 0 Å². The third-order valence-corrected chi connectivity index (χ3v) is 5.33. The van der Waals surface area contributed by atoms with Gasteiger partial charge in [-0.3, -0.25) is 9.69 Å². The first-order valence-corrected chi connectivity index (χ1v) is 10.9. The highest BCUT2D eigenvalue weighted by Gasteiger charge is 2.12. The maximum Gasteiger partial charge on any atom is 0.226 e. The van der Waals surface area contributed by atoms with Crippen LogP contribution < -0.4 is 10.1 Å². The molecule has 2 heterocycles. The Balaban J connectivity index is 1.23. The zero-order valence-corrected chi connectivity index (χ0v) is 18.3. The number of carbonyl (C=O) groups is 1. The Bertz CT molecular complexity index is 1010. The van der Waals surface area contributed by atoms with Gasteiger partial charge in [-0.2, -0.15) is 4.98 Å². The van der Waals surface area contributed by atoms with Gasteiger partial charge in [-0.15, -0.1) is 0 Å². The minimum absolute atomic E-state index is 0.0246. The molecule has 3 aromatic rings. The first-order valence-electron chi connectivity index (χ1n) is 10.9. The molecule has 0 radical (unpaired) electrons. The van der Waals surface area contributed by atoms with E-state index in [4.69, 9.17) is 14.0 Å². The summed E-state index contributed by atoms with van der Waals surface area (Å²) in [4.78, 5) is 19.2. The molecule has 1 N–H and O–H groups in total. The summed E-state index contributed by atoms with van der Waals surface area (Å²) in [5.41, 5.74) is 2.86. The van der Waals surface area contributed by atoms with Gasteiger partial charge in [-0.1, -0.05) is 17.3 Å². The molecule has 1 aliphatic rings. The van der Waals surface area contributed by atoms with E-state index in [1.165, 1.54) is 5.56 Å². The molecule has 8 nitrogen and oxygen atoms in total. The molecule has 1 amide bonds. The number of amides is 1. The fraction of sp³-hybridized carbons (Fsp3) is 0.375. The number of carbonyl (C=O) groups excluding carboxylic acids is 1. The van der Waals surface area contributed by atoms with Crippen molar-refractivity contribution >= 4 is 11.6 Å². The lowest BCUT2D eigenvalue weighted by Crippen LogP contribution is -2.35. The highest BCUT2D eigenvalue weighted by atomic mass is 16.5. The van der Waals surface area contributed by atoms with Crippen LogP contribution in [-0.2, 0) is 22.5 Å². The molecule has 0 saturated carbocycles. The molecule has 0 aliphatic carbocycles. The van der Waals surface area contributed by atoms with E-state index in [0.29, 0.717) is 31.0 Å². The van der Waals surface area contributed by atoms with Gasteiger partial charge in [0.2, 0.25) is 17.6 Å². The molecule has 0 unspecified atom stereocenters. The number of morpholine rings is 1. The van der Waals surface area contributed by atoms with Crippen LogP contribution in [0.15, 0.2) is 53.1 Å². The molecule has 1 fully saturated rings. The van der Waals surface area contributed by atoms with Gasteiger partial charge in [-0.05, 0) is 48.4 Å². The molecule has 1 aromatic heterocycles. The molecule has 1 aliphatic heterocycles. The lowest BCUT2D eigenvalue weighted by atomic mass is 10.1. The van der Waals surface area contributed by atoms with Crippen LogP contribution in [0.2, 0.25) is 0 Å². The van der Waals surface area contributed by atoms with Crippen LogP contribution >= 0.6 is 0 Å². The van der Waals surface area contributed by atoms with Crippen molar-refractivity contribution < 1.29 is 18.8 Å². The van der Waals surface area contributed by atoms with E-state index in [-0.39, 0.29) is 5.91 Å². The second-order valence-corrected chi connectivity index (χ2v) is 7.73. The maximum absolute atomic E-state index is 12.4. The van der Waals surface area contributed by atoms with E-state index in [0.717, 1.165) is 49.8 Å². The number of aryl methyl sites for hydroxylation is 1. The van der Waals surface area contributed by atoms with Crippen LogP contribution in [0, 0.1) is 0 Å². The minimum Gasteiger partial charge on any atom is -0.497 e. The Kier molecular flexibility index (Phi) is 7.47. The standard InChI is InChI=1S/C24H28N4O4/c1-30-21-10-8-19(9-11-21)24-26-23(32-27-24)7-3-6-22(29)25-20-5-2-4-18(16-20)17-28-12-14-31-15-13-28/h2,4-5,8-11,16H,3,6-7,12-15,17H2,1H3,(H,25,29). The van der Waals surface area contributed by atoms with Crippen molar-refractivity contribution in [2.45, 2.75) is 25.8 Å². The number of nitrogens with zero attached hydrogens (tertiary/aromatic N) is 3. The average Bonchev–Trinajstić information content (AvgIpc) is 3.29. The van der Waals surface area contributed by atoms with Crippen molar-refractivity contribution in [2.24, 2.45) is 0 Å². The van der Waals surface area contributed by atoms with E-state index in [9.17, 15) is 4.79 Å². The van der Waals surface area contributed by atoms with Crippen LogP contribution in [0.1, 0.15) is 24.3 Å². The molecule has 32 heavy (non-hydrogen) atoms. The molecule has 0 bridgehead atoms. The summed E-state index contributed by atoms with van der Waals surface area (Å²) in [5.74, 6) is 1.80. The minimum atomic E-state index is -0.0246. The molecule has 1 saturated heterocycles. The van der Waals surface area contributed by atoms with Gasteiger partial charge in [0.1, 0.15) is 5.75 Å². The number of hydrogen-bond donors (Lipinski definition) is 1. The quantitative estimate of drug-likeness (QED) is 0.549. The van der Waals surface area contributed by atoms with E-state index in [1.54, 1.807) is 7.11 Å². The summed E-state index contributed by atoms with van der Waals surface area (Å²) in [6.07, 6.45) is 1.56. The SMILES string of the molecule is COc1ccc(-c2noc(CCCC(=O)Nc3cccc(CN4CCOCC4)c3)n2)cc1. The van der Waals surface area contributed by atoms with Crippen LogP contribution in [0.3, 0.4) is 0 Å². The fourth-order valence-corrected chi connectivity index (χ4v) is 3.60.